The second-order valence-electron chi connectivity index (χ2n) is 8.00. The molecule has 0 fully saturated rings. The van der Waals surface area contributed by atoms with Gasteiger partial charge < -0.3 is 0 Å². The number of benzene rings is 4. The molecule has 0 aliphatic carbocycles. The minimum atomic E-state index is -2.31. The van der Waals surface area contributed by atoms with Gasteiger partial charge in [-0.05, 0) is 0 Å². The molecule has 0 spiro atoms. The number of rotatable bonds is 7. The molecule has 2 heteroatoms. The second kappa shape index (κ2) is 8.99. The van der Waals surface area contributed by atoms with Gasteiger partial charge in [0.15, 0.2) is 0 Å². The van der Waals surface area contributed by atoms with E-state index in [2.05, 4.69) is 135 Å². The average molecular weight is 423 g/mol. The van der Waals surface area contributed by atoms with Crippen LogP contribution in [0.5, 0.6) is 0 Å². The summed E-state index contributed by atoms with van der Waals surface area (Å²) >= 11 is 0. The molecule has 0 saturated heterocycles. The number of hydrogen-bond donors (Lipinski definition) is 0. The van der Waals surface area contributed by atoms with E-state index < -0.39 is 15.2 Å². The van der Waals surface area contributed by atoms with Crippen LogP contribution in [0.3, 0.4) is 0 Å². The first-order valence-corrected chi connectivity index (χ1v) is 16.4. The van der Waals surface area contributed by atoms with E-state index >= 15 is 0 Å². The molecule has 4 aromatic rings. The van der Waals surface area contributed by atoms with Crippen LogP contribution in [0.15, 0.2) is 121 Å². The Morgan fingerprint density at radius 2 is 0.667 bits per heavy atom. The zero-order chi connectivity index (χ0) is 20.9. The van der Waals surface area contributed by atoms with Gasteiger partial charge in [0.05, 0.1) is 7.59 Å². The van der Waals surface area contributed by atoms with Crippen LogP contribution >= 0.6 is 0 Å². The van der Waals surface area contributed by atoms with Crippen LogP contribution in [0, 0.1) is 0 Å². The first kappa shape index (κ1) is 20.6. The lowest BCUT2D eigenvalue weighted by Crippen LogP contribution is -2.85. The summed E-state index contributed by atoms with van der Waals surface area (Å²) < 4.78 is 0. The average Bonchev–Trinajstić information content (AvgIpc) is 2.85. The molecule has 0 N–H and O–H groups in total. The summed E-state index contributed by atoms with van der Waals surface area (Å²) in [7, 11) is -4.29. The van der Waals surface area contributed by atoms with Crippen LogP contribution in [0.4, 0.5) is 0 Å². The van der Waals surface area contributed by atoms with Crippen molar-refractivity contribution in [1.29, 1.82) is 0 Å². The van der Waals surface area contributed by atoms with E-state index in [1.165, 1.54) is 12.1 Å². The molecule has 0 radical (unpaired) electrons. The largest absolute Gasteiger partial charge is 0.144 e. The third-order valence-electron chi connectivity index (χ3n) is 6.87. The molecule has 0 aromatic heterocycles. The highest BCUT2D eigenvalue weighted by Gasteiger charge is 2.57. The highest BCUT2D eigenvalue weighted by atomic mass is 29.3. The maximum absolute atomic E-state index is 2.44. The van der Waals surface area contributed by atoms with Crippen molar-refractivity contribution >= 4 is 35.9 Å². The van der Waals surface area contributed by atoms with Gasteiger partial charge in [-0.1, -0.05) is 168 Å². The fourth-order valence-corrected chi connectivity index (χ4v) is 25.4. The summed E-state index contributed by atoms with van der Waals surface area (Å²) in [5.74, 6) is 0. The molecule has 0 bridgehead atoms. The van der Waals surface area contributed by atoms with Crippen molar-refractivity contribution in [2.75, 3.05) is 0 Å². The summed E-state index contributed by atoms with van der Waals surface area (Å²) in [4.78, 5) is 0. The van der Waals surface area contributed by atoms with Gasteiger partial charge in [0.25, 0.3) is 0 Å². The van der Waals surface area contributed by atoms with Gasteiger partial charge in [0.1, 0.15) is 7.59 Å². The predicted molar refractivity (Wildman–Crippen MR) is 137 cm³/mol. The summed E-state index contributed by atoms with van der Waals surface area (Å²) in [5, 5.41) is 6.23. The van der Waals surface area contributed by atoms with Crippen molar-refractivity contribution in [3.8, 4) is 0 Å². The molecule has 0 atom stereocenters. The molecular formula is C28H30Si2. The summed E-state index contributed by atoms with van der Waals surface area (Å²) in [6, 6.07) is 48.2. The molecule has 0 heterocycles. The lowest BCUT2D eigenvalue weighted by atomic mass is 10.3. The van der Waals surface area contributed by atoms with E-state index in [4.69, 9.17) is 0 Å². The highest BCUT2D eigenvalue weighted by Crippen LogP contribution is 2.28. The molecule has 4 aromatic carbocycles. The molecular weight excluding hydrogens is 392 g/mol. The fourth-order valence-electron chi connectivity index (χ4n) is 5.56. The monoisotopic (exact) mass is 422 g/mol. The van der Waals surface area contributed by atoms with Crippen LogP contribution in [0.1, 0.15) is 13.8 Å². The molecule has 0 saturated carbocycles. The first-order valence-electron chi connectivity index (χ1n) is 11.0. The van der Waals surface area contributed by atoms with Crippen LogP contribution in [0.2, 0.25) is 12.1 Å². The first-order chi connectivity index (χ1) is 14.8. The Hall–Kier alpha value is -2.69. The van der Waals surface area contributed by atoms with Crippen LogP contribution in [-0.2, 0) is 0 Å². The van der Waals surface area contributed by atoms with Crippen molar-refractivity contribution in [2.45, 2.75) is 25.9 Å². The van der Waals surface area contributed by atoms with Crippen molar-refractivity contribution in [3.05, 3.63) is 121 Å². The Morgan fingerprint density at radius 3 is 0.933 bits per heavy atom. The van der Waals surface area contributed by atoms with Gasteiger partial charge in [-0.25, -0.2) is 0 Å². The third-order valence-corrected chi connectivity index (χ3v) is 25.7. The van der Waals surface area contributed by atoms with E-state index in [1.807, 2.05) is 0 Å². The Balaban J connectivity index is 2.20. The molecule has 0 nitrogen and oxygen atoms in total. The molecule has 30 heavy (non-hydrogen) atoms. The predicted octanol–water partition coefficient (Wildman–Crippen LogP) is 4.63. The molecule has 150 valence electrons. The van der Waals surface area contributed by atoms with Gasteiger partial charge in [0, 0.05) is 0 Å². The molecule has 0 unspecified atom stereocenters. The zero-order valence-corrected chi connectivity index (χ0v) is 20.0. The Kier molecular flexibility index (Phi) is 6.17. The standard InChI is InChI=1S/C28H30Si2/c1-3-29(4-2,25-17-9-5-10-18-25)30(26-19-11-6-12-20-26,27-21-13-7-14-22-27)28-23-15-8-16-24-28/h5-24H,3-4H2,1-2H3. The molecule has 4 rings (SSSR count). The van der Waals surface area contributed by atoms with E-state index in [0.717, 1.165) is 0 Å². The van der Waals surface area contributed by atoms with Crippen molar-refractivity contribution in [1.82, 2.24) is 0 Å². The van der Waals surface area contributed by atoms with Crippen LogP contribution < -0.4 is 20.7 Å². The van der Waals surface area contributed by atoms with Crippen LogP contribution in [0.25, 0.3) is 0 Å². The van der Waals surface area contributed by atoms with E-state index in [9.17, 15) is 0 Å². The minimum Gasteiger partial charge on any atom is -0.0676 e. The topological polar surface area (TPSA) is 0 Å². The van der Waals surface area contributed by atoms with E-state index in [1.54, 1.807) is 20.7 Å². The van der Waals surface area contributed by atoms with Crippen molar-refractivity contribution in [2.24, 2.45) is 0 Å². The van der Waals surface area contributed by atoms with Gasteiger partial charge in [-0.2, -0.15) is 0 Å². The molecule has 0 amide bonds. The van der Waals surface area contributed by atoms with Gasteiger partial charge in [-0.3, -0.25) is 0 Å². The van der Waals surface area contributed by atoms with Gasteiger partial charge >= 0.3 is 0 Å². The quantitative estimate of drug-likeness (QED) is 0.301. The zero-order valence-electron chi connectivity index (χ0n) is 18.0. The fraction of sp³-hybridized carbons (Fsp3) is 0.143. The van der Waals surface area contributed by atoms with E-state index in [0.29, 0.717) is 0 Å². The maximum Gasteiger partial charge on any atom is 0.144 e. The normalized spacial score (nSPS) is 11.9. The Morgan fingerprint density at radius 1 is 0.400 bits per heavy atom. The summed E-state index contributed by atoms with van der Waals surface area (Å²) in [6.45, 7) is 4.89. The molecule has 0 aliphatic rings. The molecule has 0 aliphatic heterocycles. The number of hydrogen-bond acceptors (Lipinski definition) is 0. The van der Waals surface area contributed by atoms with Gasteiger partial charge in [-0.15, -0.1) is 0 Å². The van der Waals surface area contributed by atoms with E-state index in [-0.39, 0.29) is 0 Å². The maximum atomic E-state index is 2.44. The van der Waals surface area contributed by atoms with Gasteiger partial charge in [0.2, 0.25) is 0 Å². The van der Waals surface area contributed by atoms with Crippen molar-refractivity contribution < 1.29 is 0 Å². The lowest BCUT2D eigenvalue weighted by molar-refractivity contribution is 1.30. The minimum absolute atomic E-state index is 1.23. The Bertz CT molecular complexity index is 944. The SMILES string of the molecule is CC[Si](CC)(c1ccccc1)[Si](c1ccccc1)(c1ccccc1)c1ccccc1. The lowest BCUT2D eigenvalue weighted by Gasteiger charge is -2.49. The van der Waals surface area contributed by atoms with Crippen molar-refractivity contribution in [3.63, 3.8) is 0 Å². The Labute approximate surface area is 183 Å². The summed E-state index contributed by atoms with van der Waals surface area (Å²) in [5.41, 5.74) is 0. The second-order valence-corrected chi connectivity index (χ2v) is 20.5. The third kappa shape index (κ3) is 3.21. The summed E-state index contributed by atoms with van der Waals surface area (Å²) in [6.07, 6.45) is 0. The van der Waals surface area contributed by atoms with Crippen LogP contribution in [-0.4, -0.2) is 15.2 Å². The smallest absolute Gasteiger partial charge is 0.0676 e. The highest BCUT2D eigenvalue weighted by molar-refractivity contribution is 7.60.